The summed E-state index contributed by atoms with van der Waals surface area (Å²) in [5.41, 5.74) is -2.60. The van der Waals surface area contributed by atoms with Crippen LogP contribution in [0.4, 0.5) is 0 Å². The number of hydrogen-bond donors (Lipinski definition) is 18. The van der Waals surface area contributed by atoms with Crippen molar-refractivity contribution in [2.24, 2.45) is 50.2 Å². The molecule has 5 saturated heterocycles. The topological polar surface area (TPSA) is 474 Å². The van der Waals surface area contributed by atoms with Gasteiger partial charge in [0.2, 0.25) is 6.29 Å². The Morgan fingerprint density at radius 2 is 0.955 bits per heavy atom. The molecule has 29 heteroatoms. The fourth-order valence-corrected chi connectivity index (χ4v) is 17.9. The van der Waals surface area contributed by atoms with Gasteiger partial charge in [0, 0.05) is 5.41 Å². The predicted molar refractivity (Wildman–Crippen MR) is 297 cm³/mol. The average Bonchev–Trinajstić information content (AvgIpc) is 0.678. The van der Waals surface area contributed by atoms with Crippen molar-refractivity contribution < 1.29 is 144 Å². The Kier molecular flexibility index (Phi) is 20.6. The summed E-state index contributed by atoms with van der Waals surface area (Å²) in [6, 6.07) is 0. The zero-order valence-corrected chi connectivity index (χ0v) is 51.2. The summed E-state index contributed by atoms with van der Waals surface area (Å²) in [6.45, 7) is 8.84. The van der Waals surface area contributed by atoms with Crippen molar-refractivity contribution in [3.8, 4) is 0 Å². The van der Waals surface area contributed by atoms with Crippen LogP contribution in [0.25, 0.3) is 0 Å². The number of fused-ring (bicyclic) bond motifs is 7. The van der Waals surface area contributed by atoms with Crippen LogP contribution in [0.15, 0.2) is 11.6 Å². The van der Waals surface area contributed by atoms with Gasteiger partial charge in [0.1, 0.15) is 122 Å². The van der Waals surface area contributed by atoms with Gasteiger partial charge in [-0.3, -0.25) is 4.79 Å². The van der Waals surface area contributed by atoms with Crippen LogP contribution in [-0.4, -0.2) is 297 Å². The number of allylic oxidation sites excluding steroid dienone is 2. The summed E-state index contributed by atoms with van der Waals surface area (Å²) >= 11 is 0. The number of aliphatic hydroxyl groups is 18. The van der Waals surface area contributed by atoms with Crippen molar-refractivity contribution in [1.29, 1.82) is 0 Å². The second kappa shape index (κ2) is 26.3. The molecular weight excluding hydrogens is 1180 g/mol. The molecule has 10 aliphatic rings. The summed E-state index contributed by atoms with van der Waals surface area (Å²) in [4.78, 5) is 15.2. The van der Waals surface area contributed by atoms with E-state index in [9.17, 15) is 91.9 Å². The molecule has 5 aliphatic carbocycles. The zero-order valence-electron chi connectivity index (χ0n) is 51.2. The monoisotopic (exact) mass is 1280 g/mol. The number of esters is 1. The van der Waals surface area contributed by atoms with E-state index < -0.39 is 232 Å². The van der Waals surface area contributed by atoms with Crippen molar-refractivity contribution in [3.63, 3.8) is 0 Å². The van der Waals surface area contributed by atoms with Crippen LogP contribution in [0, 0.1) is 50.2 Å². The standard InChI is InChI=1S/C60H98O29/c1-55(2)13-15-60(54(79)89-52-46(78)42(74)37(69)30(85-52)22-80-49-43(75)39(71)34(66)26(18-61)81-49)16-14-58(5)24(25(60)17-55)7-8-32-56(3)11-10-33(57(4,23-65)31(56)9-12-59(32,58)6)86-53-48(88-51-45(77)41(73)36(68)28(20-63)83-51)47(38(70)29(21-64)84-53)87-50-44(76)40(72)35(67)27(19-62)82-50/h7,25-53,61-78H,8-23H2,1-6H3. The van der Waals surface area contributed by atoms with Crippen molar-refractivity contribution in [2.75, 3.05) is 39.6 Å². The maximum absolute atomic E-state index is 15.2. The van der Waals surface area contributed by atoms with Gasteiger partial charge in [-0.15, -0.1) is 0 Å². The first-order chi connectivity index (χ1) is 41.8. The molecule has 29 nitrogen and oxygen atoms in total. The maximum Gasteiger partial charge on any atom is 0.315 e. The van der Waals surface area contributed by atoms with Gasteiger partial charge in [0.25, 0.3) is 0 Å². The predicted octanol–water partition coefficient (Wildman–Crippen LogP) is -5.24. The molecule has 10 rings (SSSR count). The van der Waals surface area contributed by atoms with E-state index in [4.69, 9.17) is 47.4 Å². The number of carbonyl (C=O) groups excluding carboxylic acids is 1. The Morgan fingerprint density at radius 1 is 0.483 bits per heavy atom. The van der Waals surface area contributed by atoms with Gasteiger partial charge in [-0.25, -0.2) is 0 Å². The van der Waals surface area contributed by atoms with Crippen LogP contribution < -0.4 is 0 Å². The molecule has 9 fully saturated rings. The van der Waals surface area contributed by atoms with Crippen molar-refractivity contribution in [2.45, 2.75) is 265 Å². The van der Waals surface area contributed by atoms with Crippen LogP contribution >= 0.6 is 0 Å². The lowest BCUT2D eigenvalue weighted by atomic mass is 9.33. The van der Waals surface area contributed by atoms with E-state index in [2.05, 4.69) is 40.7 Å². The summed E-state index contributed by atoms with van der Waals surface area (Å²) in [5, 5.41) is 194. The number of aliphatic hydroxyl groups excluding tert-OH is 18. The van der Waals surface area contributed by atoms with Gasteiger partial charge in [0.15, 0.2) is 25.2 Å². The summed E-state index contributed by atoms with van der Waals surface area (Å²) in [7, 11) is 0. The minimum atomic E-state index is -2.00. The smallest absolute Gasteiger partial charge is 0.315 e. The molecule has 0 aromatic rings. The highest BCUT2D eigenvalue weighted by molar-refractivity contribution is 5.79. The second-order valence-corrected chi connectivity index (χ2v) is 29.0. The summed E-state index contributed by atoms with van der Waals surface area (Å²) in [6.07, 6.45) is -36.9. The minimum Gasteiger partial charge on any atom is -0.432 e. The molecule has 0 radical (unpaired) electrons. The van der Waals surface area contributed by atoms with Gasteiger partial charge in [0.05, 0.1) is 51.2 Å². The van der Waals surface area contributed by atoms with Gasteiger partial charge in [-0.05, 0) is 104 Å². The van der Waals surface area contributed by atoms with E-state index in [0.717, 1.165) is 5.57 Å². The highest BCUT2D eigenvalue weighted by atomic mass is 16.8. The first-order valence-electron chi connectivity index (χ1n) is 31.5. The molecule has 0 aromatic carbocycles. The molecule has 18 N–H and O–H groups in total. The largest absolute Gasteiger partial charge is 0.432 e. The zero-order chi connectivity index (χ0) is 65.0. The lowest BCUT2D eigenvalue weighted by molar-refractivity contribution is -0.400. The van der Waals surface area contributed by atoms with Crippen LogP contribution in [0.1, 0.15) is 106 Å². The fourth-order valence-electron chi connectivity index (χ4n) is 17.9. The number of hydrogen-bond acceptors (Lipinski definition) is 29. The molecule has 0 bridgehead atoms. The van der Waals surface area contributed by atoms with Crippen molar-refractivity contribution in [3.05, 3.63) is 11.6 Å². The van der Waals surface area contributed by atoms with E-state index >= 15 is 4.79 Å². The Morgan fingerprint density at radius 3 is 1.51 bits per heavy atom. The lowest BCUT2D eigenvalue weighted by Crippen LogP contribution is -2.69. The quantitative estimate of drug-likeness (QED) is 0.0390. The molecule has 5 aliphatic heterocycles. The molecular formula is C60H98O29. The first-order valence-corrected chi connectivity index (χ1v) is 31.5. The van der Waals surface area contributed by atoms with Gasteiger partial charge in [-0.2, -0.15) is 0 Å². The minimum absolute atomic E-state index is 0.00430. The highest BCUT2D eigenvalue weighted by Gasteiger charge is 2.71. The van der Waals surface area contributed by atoms with E-state index in [-0.39, 0.29) is 23.2 Å². The Bertz CT molecular complexity index is 2460. The molecule has 4 saturated carbocycles. The molecule has 5 heterocycles. The Balaban J connectivity index is 0.903. The van der Waals surface area contributed by atoms with E-state index in [1.807, 2.05) is 6.92 Å². The molecule has 0 aromatic heterocycles. The summed E-state index contributed by atoms with van der Waals surface area (Å²) < 4.78 is 60.3. The fraction of sp³-hybridized carbons (Fsp3) is 0.950. The maximum atomic E-state index is 15.2. The van der Waals surface area contributed by atoms with E-state index in [1.54, 1.807) is 0 Å². The molecule has 0 amide bonds. The SMILES string of the molecule is CC1(C)CCC2(C(=O)OC3OC(COC4OC(CO)C(O)C(O)C4O)C(O)C(O)C3O)CCC3(C)C(=CCC4C5(C)CCC(OC6OC(CO)C(O)C(OC7OC(CO)C(O)C(O)C7O)C6OC6OC(CO)C(O)C(O)C6O)C(C)(CO)C5CCC43C)C2C1. The van der Waals surface area contributed by atoms with Crippen LogP contribution in [0.2, 0.25) is 0 Å². The van der Waals surface area contributed by atoms with Gasteiger partial charge < -0.3 is 139 Å². The molecule has 89 heavy (non-hydrogen) atoms. The average molecular weight is 1280 g/mol. The van der Waals surface area contributed by atoms with E-state index in [1.165, 1.54) is 0 Å². The normalized spacial score (nSPS) is 54.2. The van der Waals surface area contributed by atoms with Gasteiger partial charge >= 0.3 is 5.97 Å². The number of ether oxygens (including phenoxy) is 10. The molecule has 34 atom stereocenters. The van der Waals surface area contributed by atoms with Crippen LogP contribution in [-0.2, 0) is 52.2 Å². The lowest BCUT2D eigenvalue weighted by Gasteiger charge is -2.71. The molecule has 34 unspecified atom stereocenters. The number of carbonyl (C=O) groups is 1. The molecule has 0 spiro atoms. The van der Waals surface area contributed by atoms with Crippen molar-refractivity contribution in [1.82, 2.24) is 0 Å². The van der Waals surface area contributed by atoms with Crippen molar-refractivity contribution >= 4 is 5.97 Å². The van der Waals surface area contributed by atoms with Crippen LogP contribution in [0.5, 0.6) is 0 Å². The number of rotatable bonds is 16. The highest BCUT2D eigenvalue weighted by Crippen LogP contribution is 2.76. The Hall–Kier alpha value is -1.87. The third kappa shape index (κ3) is 11.8. The first kappa shape index (κ1) is 69.9. The third-order valence-corrected chi connectivity index (χ3v) is 23.7. The third-order valence-electron chi connectivity index (χ3n) is 23.7. The second-order valence-electron chi connectivity index (χ2n) is 29.0. The van der Waals surface area contributed by atoms with Crippen LogP contribution in [0.3, 0.4) is 0 Å². The summed E-state index contributed by atoms with van der Waals surface area (Å²) in [5.74, 6) is -1.21. The van der Waals surface area contributed by atoms with E-state index in [0.29, 0.717) is 64.2 Å². The Labute approximate surface area is 515 Å². The molecule has 512 valence electrons. The van der Waals surface area contributed by atoms with Gasteiger partial charge in [-0.1, -0.05) is 53.2 Å².